The van der Waals surface area contributed by atoms with Gasteiger partial charge in [0.25, 0.3) is 0 Å². The molecule has 0 aliphatic rings. The van der Waals surface area contributed by atoms with Crippen molar-refractivity contribution in [2.45, 2.75) is 26.7 Å². The second kappa shape index (κ2) is 3.59. The van der Waals surface area contributed by atoms with Crippen LogP contribution in [0.2, 0.25) is 0 Å². The number of rotatable bonds is 2. The maximum atomic E-state index is 8.56. The van der Waals surface area contributed by atoms with Gasteiger partial charge in [0.15, 0.2) is 5.75 Å². The van der Waals surface area contributed by atoms with E-state index in [0.717, 1.165) is 5.56 Å². The van der Waals surface area contributed by atoms with Crippen molar-refractivity contribution in [3.05, 3.63) is 29.3 Å². The molecule has 12 heavy (non-hydrogen) atoms. The molecule has 1 rings (SSSR count). The largest absolute Gasteiger partial charge is 0.340 e. The lowest BCUT2D eigenvalue weighted by molar-refractivity contribution is -0.138. The molecule has 0 bridgehead atoms. The van der Waals surface area contributed by atoms with Gasteiger partial charge in [-0.25, -0.2) is 5.26 Å². The Morgan fingerprint density at radius 3 is 2.50 bits per heavy atom. The molecular formula is C10H14O2. The molecule has 0 radical (unpaired) electrons. The highest BCUT2D eigenvalue weighted by Crippen LogP contribution is 2.26. The molecular weight excluding hydrogens is 152 g/mol. The van der Waals surface area contributed by atoms with E-state index in [1.165, 1.54) is 5.56 Å². The first-order valence-electron chi connectivity index (χ1n) is 4.07. The summed E-state index contributed by atoms with van der Waals surface area (Å²) in [4.78, 5) is 4.26. The van der Waals surface area contributed by atoms with E-state index in [1.807, 2.05) is 19.1 Å². The quantitative estimate of drug-likeness (QED) is 0.540. The number of aryl methyl sites for hydroxylation is 1. The Balaban J connectivity index is 3.12. The molecule has 0 aliphatic carbocycles. The fourth-order valence-corrected chi connectivity index (χ4v) is 1.20. The van der Waals surface area contributed by atoms with Crippen LogP contribution in [0, 0.1) is 6.92 Å². The molecule has 66 valence electrons. The molecule has 0 atom stereocenters. The van der Waals surface area contributed by atoms with Crippen LogP contribution >= 0.6 is 0 Å². The number of hydrogen-bond donors (Lipinski definition) is 1. The van der Waals surface area contributed by atoms with E-state index in [4.69, 9.17) is 5.26 Å². The van der Waals surface area contributed by atoms with Gasteiger partial charge in [0.2, 0.25) is 0 Å². The fraction of sp³-hybridized carbons (Fsp3) is 0.400. The molecule has 2 heteroatoms. The highest BCUT2D eigenvalue weighted by Gasteiger charge is 2.07. The Bertz CT molecular complexity index is 267. The van der Waals surface area contributed by atoms with Gasteiger partial charge in [0, 0.05) is 5.56 Å². The predicted molar refractivity (Wildman–Crippen MR) is 48.5 cm³/mol. The molecule has 1 aromatic carbocycles. The van der Waals surface area contributed by atoms with Crippen molar-refractivity contribution in [1.29, 1.82) is 0 Å². The molecule has 0 saturated heterocycles. The second-order valence-corrected chi connectivity index (χ2v) is 3.29. The molecule has 0 amide bonds. The lowest BCUT2D eigenvalue weighted by Crippen LogP contribution is -1.94. The van der Waals surface area contributed by atoms with Gasteiger partial charge in [-0.15, -0.1) is 0 Å². The maximum Gasteiger partial charge on any atom is 0.168 e. The minimum Gasteiger partial charge on any atom is -0.340 e. The lowest BCUT2D eigenvalue weighted by Gasteiger charge is -2.10. The molecule has 2 nitrogen and oxygen atoms in total. The number of hydrogen-bond acceptors (Lipinski definition) is 2. The van der Waals surface area contributed by atoms with E-state index >= 15 is 0 Å². The monoisotopic (exact) mass is 166 g/mol. The van der Waals surface area contributed by atoms with Crippen LogP contribution in [-0.4, -0.2) is 5.26 Å². The highest BCUT2D eigenvalue weighted by atomic mass is 17.1. The minimum atomic E-state index is 0.368. The van der Waals surface area contributed by atoms with E-state index in [-0.39, 0.29) is 0 Å². The van der Waals surface area contributed by atoms with Crippen LogP contribution in [0.15, 0.2) is 18.2 Å². The van der Waals surface area contributed by atoms with E-state index in [9.17, 15) is 0 Å². The lowest BCUT2D eigenvalue weighted by atomic mass is 10.0. The van der Waals surface area contributed by atoms with Gasteiger partial charge in [-0.1, -0.05) is 31.5 Å². The van der Waals surface area contributed by atoms with Crippen molar-refractivity contribution >= 4 is 0 Å². The van der Waals surface area contributed by atoms with Gasteiger partial charge in [-0.3, -0.25) is 0 Å². The van der Waals surface area contributed by atoms with E-state index in [2.05, 4.69) is 18.7 Å². The predicted octanol–water partition coefficient (Wildman–Crippen LogP) is 2.97. The SMILES string of the molecule is Cc1ccc(OO)c(C(C)C)c1. The fourth-order valence-electron chi connectivity index (χ4n) is 1.20. The Morgan fingerprint density at radius 1 is 1.33 bits per heavy atom. The zero-order chi connectivity index (χ0) is 9.14. The first-order chi connectivity index (χ1) is 5.65. The minimum absolute atomic E-state index is 0.368. The number of benzene rings is 1. The van der Waals surface area contributed by atoms with Gasteiger partial charge in [-0.05, 0) is 18.9 Å². The summed E-state index contributed by atoms with van der Waals surface area (Å²) in [5.74, 6) is 0.919. The summed E-state index contributed by atoms with van der Waals surface area (Å²) >= 11 is 0. The summed E-state index contributed by atoms with van der Waals surface area (Å²) in [6, 6.07) is 5.72. The topological polar surface area (TPSA) is 29.5 Å². The third-order valence-electron chi connectivity index (χ3n) is 1.89. The van der Waals surface area contributed by atoms with Gasteiger partial charge < -0.3 is 4.89 Å². The van der Waals surface area contributed by atoms with Crippen LogP contribution in [0.25, 0.3) is 0 Å². The highest BCUT2D eigenvalue weighted by molar-refractivity contribution is 5.38. The van der Waals surface area contributed by atoms with Gasteiger partial charge >= 0.3 is 0 Å². The molecule has 1 aromatic rings. The average Bonchev–Trinajstić information content (AvgIpc) is 2.04. The summed E-state index contributed by atoms with van der Waals surface area (Å²) in [5, 5.41) is 8.56. The zero-order valence-electron chi connectivity index (χ0n) is 7.66. The average molecular weight is 166 g/mol. The van der Waals surface area contributed by atoms with Crippen molar-refractivity contribution in [3.63, 3.8) is 0 Å². The third kappa shape index (κ3) is 1.77. The molecule has 0 heterocycles. The molecule has 0 aliphatic heterocycles. The molecule has 0 fully saturated rings. The molecule has 0 aromatic heterocycles. The molecule has 0 saturated carbocycles. The van der Waals surface area contributed by atoms with Crippen LogP contribution in [0.4, 0.5) is 0 Å². The Hall–Kier alpha value is -1.02. The van der Waals surface area contributed by atoms with E-state index < -0.39 is 0 Å². The van der Waals surface area contributed by atoms with Crippen molar-refractivity contribution < 1.29 is 10.1 Å². The Morgan fingerprint density at radius 2 is 2.00 bits per heavy atom. The van der Waals surface area contributed by atoms with Crippen LogP contribution in [0.5, 0.6) is 5.75 Å². The summed E-state index contributed by atoms with van der Waals surface area (Å²) < 4.78 is 0. The molecule has 1 N–H and O–H groups in total. The van der Waals surface area contributed by atoms with Crippen LogP contribution in [0.3, 0.4) is 0 Å². The maximum absolute atomic E-state index is 8.56. The normalized spacial score (nSPS) is 10.4. The summed E-state index contributed by atoms with van der Waals surface area (Å²) in [6.07, 6.45) is 0. The van der Waals surface area contributed by atoms with Crippen molar-refractivity contribution in [2.24, 2.45) is 0 Å². The zero-order valence-corrected chi connectivity index (χ0v) is 7.66. The summed E-state index contributed by atoms with van der Waals surface area (Å²) in [7, 11) is 0. The third-order valence-corrected chi connectivity index (χ3v) is 1.89. The van der Waals surface area contributed by atoms with Gasteiger partial charge in [0.1, 0.15) is 0 Å². The van der Waals surface area contributed by atoms with Crippen molar-refractivity contribution in [1.82, 2.24) is 0 Å². The van der Waals surface area contributed by atoms with E-state index in [1.54, 1.807) is 6.07 Å². The van der Waals surface area contributed by atoms with Crippen LogP contribution < -0.4 is 4.89 Å². The first kappa shape index (κ1) is 9.07. The molecule has 0 unspecified atom stereocenters. The Labute approximate surface area is 72.7 Å². The standard InChI is InChI=1S/C10H14O2/c1-7(2)9-6-8(3)4-5-10(9)12-11/h4-7,11H,1-3H3. The van der Waals surface area contributed by atoms with Gasteiger partial charge in [0.05, 0.1) is 0 Å². The molecule has 0 spiro atoms. The Kier molecular flexibility index (Phi) is 2.71. The van der Waals surface area contributed by atoms with Crippen LogP contribution in [-0.2, 0) is 0 Å². The van der Waals surface area contributed by atoms with Crippen molar-refractivity contribution in [2.75, 3.05) is 0 Å². The second-order valence-electron chi connectivity index (χ2n) is 3.29. The summed E-state index contributed by atoms with van der Waals surface area (Å²) in [5.41, 5.74) is 2.22. The summed E-state index contributed by atoms with van der Waals surface area (Å²) in [6.45, 7) is 6.15. The van der Waals surface area contributed by atoms with Crippen molar-refractivity contribution in [3.8, 4) is 5.75 Å². The van der Waals surface area contributed by atoms with Crippen LogP contribution in [0.1, 0.15) is 30.9 Å². The van der Waals surface area contributed by atoms with Gasteiger partial charge in [-0.2, -0.15) is 0 Å². The first-order valence-corrected chi connectivity index (χ1v) is 4.07. The van der Waals surface area contributed by atoms with E-state index in [0.29, 0.717) is 11.7 Å². The smallest absolute Gasteiger partial charge is 0.168 e.